The molecule has 3 heterocycles. The summed E-state index contributed by atoms with van der Waals surface area (Å²) in [6, 6.07) is 14.0. The molecule has 6 heteroatoms. The molecule has 27 heavy (non-hydrogen) atoms. The molecule has 0 saturated heterocycles. The van der Waals surface area contributed by atoms with E-state index in [0.29, 0.717) is 6.42 Å². The van der Waals surface area contributed by atoms with Crippen LogP contribution in [0.4, 0.5) is 0 Å². The van der Waals surface area contributed by atoms with Gasteiger partial charge in [0.2, 0.25) is 0 Å². The molecule has 0 fully saturated rings. The minimum Gasteiger partial charge on any atom is -0.345 e. The van der Waals surface area contributed by atoms with Crippen LogP contribution in [0.1, 0.15) is 24.5 Å². The second-order valence-corrected chi connectivity index (χ2v) is 6.39. The molecule has 0 unspecified atom stereocenters. The highest BCUT2D eigenvalue weighted by Gasteiger charge is 2.17. The van der Waals surface area contributed by atoms with Crippen LogP contribution in [0.2, 0.25) is 0 Å². The lowest BCUT2D eigenvalue weighted by Crippen LogP contribution is -2.19. The molecule has 0 aliphatic carbocycles. The Labute approximate surface area is 158 Å². The standard InChI is InChI=1S/C21H22N6/c1-2-27-19(15-6-8-16(9-7-15)20-24-11-12-25-20)14-26-21(27)18(22)13-17-5-3-4-10-23-17/h3-12,14,18H,2,13,22H2,1H3,(H,24,25)/t18-/m0/s1. The van der Waals surface area contributed by atoms with Crippen molar-refractivity contribution in [3.05, 3.63) is 78.8 Å². The second kappa shape index (κ2) is 7.55. The van der Waals surface area contributed by atoms with Crippen molar-refractivity contribution < 1.29 is 0 Å². The maximum atomic E-state index is 6.45. The fourth-order valence-electron chi connectivity index (χ4n) is 3.31. The van der Waals surface area contributed by atoms with E-state index in [2.05, 4.69) is 55.7 Å². The summed E-state index contributed by atoms with van der Waals surface area (Å²) in [5, 5.41) is 0. The fraction of sp³-hybridized carbons (Fsp3) is 0.190. The first kappa shape index (κ1) is 17.2. The van der Waals surface area contributed by atoms with E-state index in [9.17, 15) is 0 Å². The Bertz CT molecular complexity index is 987. The molecule has 0 radical (unpaired) electrons. The molecule has 0 spiro atoms. The number of hydrogen-bond donors (Lipinski definition) is 2. The van der Waals surface area contributed by atoms with Gasteiger partial charge in [0.15, 0.2) is 0 Å². The minimum absolute atomic E-state index is 0.198. The van der Waals surface area contributed by atoms with Crippen LogP contribution in [0.15, 0.2) is 67.3 Å². The third kappa shape index (κ3) is 3.52. The smallest absolute Gasteiger partial charge is 0.137 e. The highest BCUT2D eigenvalue weighted by Crippen LogP contribution is 2.26. The van der Waals surface area contributed by atoms with Gasteiger partial charge in [-0.1, -0.05) is 30.3 Å². The van der Waals surface area contributed by atoms with Gasteiger partial charge in [-0.15, -0.1) is 0 Å². The minimum atomic E-state index is -0.198. The second-order valence-electron chi connectivity index (χ2n) is 6.39. The lowest BCUT2D eigenvalue weighted by molar-refractivity contribution is 0.597. The van der Waals surface area contributed by atoms with E-state index < -0.39 is 0 Å². The third-order valence-corrected chi connectivity index (χ3v) is 4.64. The molecule has 3 aromatic heterocycles. The number of aromatic nitrogens is 5. The van der Waals surface area contributed by atoms with Crippen LogP contribution in [-0.4, -0.2) is 24.5 Å². The first-order chi connectivity index (χ1) is 13.3. The number of nitrogens with zero attached hydrogens (tertiary/aromatic N) is 4. The van der Waals surface area contributed by atoms with Crippen LogP contribution in [0.25, 0.3) is 22.6 Å². The van der Waals surface area contributed by atoms with Crippen molar-refractivity contribution in [2.75, 3.05) is 0 Å². The van der Waals surface area contributed by atoms with E-state index in [4.69, 9.17) is 5.73 Å². The zero-order chi connectivity index (χ0) is 18.6. The molecule has 136 valence electrons. The Morgan fingerprint density at radius 2 is 1.81 bits per heavy atom. The van der Waals surface area contributed by atoms with E-state index >= 15 is 0 Å². The fourth-order valence-corrected chi connectivity index (χ4v) is 3.31. The number of imidazole rings is 2. The number of H-pyrrole nitrogens is 1. The summed E-state index contributed by atoms with van der Waals surface area (Å²) in [6.45, 7) is 2.92. The number of aromatic amines is 1. The summed E-state index contributed by atoms with van der Waals surface area (Å²) in [5.41, 5.74) is 10.6. The highest BCUT2D eigenvalue weighted by molar-refractivity contribution is 5.65. The van der Waals surface area contributed by atoms with Gasteiger partial charge in [-0.3, -0.25) is 4.98 Å². The van der Waals surface area contributed by atoms with E-state index in [1.54, 1.807) is 12.4 Å². The van der Waals surface area contributed by atoms with Gasteiger partial charge in [-0.25, -0.2) is 9.97 Å². The Morgan fingerprint density at radius 3 is 2.48 bits per heavy atom. The molecule has 0 aliphatic heterocycles. The molecule has 0 saturated carbocycles. The Hall–Kier alpha value is -3.25. The number of hydrogen-bond acceptors (Lipinski definition) is 4. The largest absolute Gasteiger partial charge is 0.345 e. The molecule has 6 nitrogen and oxygen atoms in total. The maximum absolute atomic E-state index is 6.45. The van der Waals surface area contributed by atoms with Crippen LogP contribution in [-0.2, 0) is 13.0 Å². The quantitative estimate of drug-likeness (QED) is 0.551. The van der Waals surface area contributed by atoms with Crippen molar-refractivity contribution in [1.29, 1.82) is 0 Å². The van der Waals surface area contributed by atoms with E-state index in [1.165, 1.54) is 0 Å². The SMILES string of the molecule is CCn1c(-c2ccc(-c3ncc[nH]3)cc2)cnc1[C@@H](N)Cc1ccccn1. The van der Waals surface area contributed by atoms with Gasteiger partial charge in [-0.2, -0.15) is 0 Å². The summed E-state index contributed by atoms with van der Waals surface area (Å²) in [5.74, 6) is 1.75. The maximum Gasteiger partial charge on any atom is 0.137 e. The number of nitrogens with two attached hydrogens (primary N) is 1. The van der Waals surface area contributed by atoms with Gasteiger partial charge < -0.3 is 15.3 Å². The molecular weight excluding hydrogens is 336 g/mol. The van der Waals surface area contributed by atoms with E-state index in [-0.39, 0.29) is 6.04 Å². The predicted molar refractivity (Wildman–Crippen MR) is 106 cm³/mol. The van der Waals surface area contributed by atoms with E-state index in [1.807, 2.05) is 30.6 Å². The van der Waals surface area contributed by atoms with Gasteiger partial charge in [0.05, 0.1) is 17.9 Å². The van der Waals surface area contributed by atoms with Gasteiger partial charge in [-0.05, 0) is 24.6 Å². The lowest BCUT2D eigenvalue weighted by Gasteiger charge is -2.15. The average Bonchev–Trinajstić information content (AvgIpc) is 3.38. The van der Waals surface area contributed by atoms with Gasteiger partial charge >= 0.3 is 0 Å². The molecule has 4 aromatic rings. The third-order valence-electron chi connectivity index (χ3n) is 4.64. The topological polar surface area (TPSA) is 85.4 Å². The lowest BCUT2D eigenvalue weighted by atomic mass is 10.1. The molecule has 0 aliphatic rings. The molecular formula is C21H22N6. The summed E-state index contributed by atoms with van der Waals surface area (Å²) in [6.07, 6.45) is 7.93. The zero-order valence-electron chi connectivity index (χ0n) is 15.2. The summed E-state index contributed by atoms with van der Waals surface area (Å²) >= 11 is 0. The van der Waals surface area contributed by atoms with Crippen molar-refractivity contribution in [3.63, 3.8) is 0 Å². The van der Waals surface area contributed by atoms with Crippen molar-refractivity contribution >= 4 is 0 Å². The highest BCUT2D eigenvalue weighted by atomic mass is 15.1. The molecule has 4 rings (SSSR count). The summed E-state index contributed by atoms with van der Waals surface area (Å²) in [7, 11) is 0. The van der Waals surface area contributed by atoms with Gasteiger partial charge in [0, 0.05) is 42.8 Å². The molecule has 0 amide bonds. The van der Waals surface area contributed by atoms with E-state index in [0.717, 1.165) is 40.7 Å². The number of pyridine rings is 1. The van der Waals surface area contributed by atoms with Crippen LogP contribution < -0.4 is 5.73 Å². The van der Waals surface area contributed by atoms with Crippen LogP contribution >= 0.6 is 0 Å². The monoisotopic (exact) mass is 358 g/mol. The molecule has 3 N–H and O–H groups in total. The number of benzene rings is 1. The van der Waals surface area contributed by atoms with Crippen molar-refractivity contribution in [3.8, 4) is 22.6 Å². The Morgan fingerprint density at radius 1 is 1.00 bits per heavy atom. The molecule has 1 atom stereocenters. The van der Waals surface area contributed by atoms with Gasteiger partial charge in [0.1, 0.15) is 11.6 Å². The van der Waals surface area contributed by atoms with Crippen molar-refractivity contribution in [2.24, 2.45) is 5.73 Å². The van der Waals surface area contributed by atoms with Crippen LogP contribution in [0, 0.1) is 0 Å². The van der Waals surface area contributed by atoms with Crippen LogP contribution in [0.5, 0.6) is 0 Å². The summed E-state index contributed by atoms with van der Waals surface area (Å²) in [4.78, 5) is 16.4. The zero-order valence-corrected chi connectivity index (χ0v) is 15.2. The first-order valence-corrected chi connectivity index (χ1v) is 9.07. The first-order valence-electron chi connectivity index (χ1n) is 9.07. The Kier molecular flexibility index (Phi) is 4.80. The Balaban J connectivity index is 1.61. The molecule has 0 bridgehead atoms. The number of rotatable bonds is 6. The van der Waals surface area contributed by atoms with Crippen LogP contribution in [0.3, 0.4) is 0 Å². The van der Waals surface area contributed by atoms with Crippen molar-refractivity contribution in [2.45, 2.75) is 25.9 Å². The molecule has 1 aromatic carbocycles. The normalized spacial score (nSPS) is 12.2. The van der Waals surface area contributed by atoms with Gasteiger partial charge in [0.25, 0.3) is 0 Å². The van der Waals surface area contributed by atoms with Crippen molar-refractivity contribution in [1.82, 2.24) is 24.5 Å². The predicted octanol–water partition coefficient (Wildman–Crippen LogP) is 3.60. The number of nitrogens with one attached hydrogen (secondary N) is 1. The summed E-state index contributed by atoms with van der Waals surface area (Å²) < 4.78 is 2.18. The average molecular weight is 358 g/mol.